The Balaban J connectivity index is 2.59. The number of halogens is 4. The highest BCUT2D eigenvalue weighted by Gasteiger charge is 2.33. The Morgan fingerprint density at radius 2 is 1.61 bits per heavy atom. The van der Waals surface area contributed by atoms with Crippen molar-refractivity contribution in [3.8, 4) is 0 Å². The van der Waals surface area contributed by atoms with Crippen LogP contribution in [-0.4, -0.2) is 32.8 Å². The molecule has 23 heavy (non-hydrogen) atoms. The van der Waals surface area contributed by atoms with Gasteiger partial charge in [-0.3, -0.25) is 9.59 Å². The molecule has 1 aromatic carbocycles. The zero-order valence-corrected chi connectivity index (χ0v) is 18.9. The molecule has 1 rings (SSSR count). The van der Waals surface area contributed by atoms with Crippen LogP contribution in [0.25, 0.3) is 0 Å². The SMILES string of the molecule is CCOC(=O)CCC(=O)[C@H](Br)[C@H](Br)[C@@H](Br)[C@@H](Br)c1ccccc1. The van der Waals surface area contributed by atoms with Gasteiger partial charge in [0, 0.05) is 16.1 Å². The van der Waals surface area contributed by atoms with Gasteiger partial charge in [0.05, 0.1) is 22.7 Å². The average Bonchev–Trinajstić information content (AvgIpc) is 2.58. The Labute approximate surface area is 170 Å². The first kappa shape index (κ1) is 21.3. The van der Waals surface area contributed by atoms with E-state index in [2.05, 4.69) is 63.7 Å². The number of ether oxygens (including phenoxy) is 1. The summed E-state index contributed by atoms with van der Waals surface area (Å²) in [5.74, 6) is -0.373. The van der Waals surface area contributed by atoms with E-state index in [9.17, 15) is 9.59 Å². The predicted molar refractivity (Wildman–Crippen MR) is 107 cm³/mol. The summed E-state index contributed by atoms with van der Waals surface area (Å²) < 4.78 is 4.84. The number of esters is 1. The topological polar surface area (TPSA) is 43.4 Å². The molecule has 7 heteroatoms. The van der Waals surface area contributed by atoms with Crippen molar-refractivity contribution in [2.45, 2.75) is 39.1 Å². The van der Waals surface area contributed by atoms with Crippen molar-refractivity contribution < 1.29 is 14.3 Å². The van der Waals surface area contributed by atoms with E-state index < -0.39 is 4.83 Å². The van der Waals surface area contributed by atoms with Crippen LogP contribution in [0, 0.1) is 0 Å². The third-order valence-corrected chi connectivity index (χ3v) is 9.67. The van der Waals surface area contributed by atoms with Crippen LogP contribution in [0.3, 0.4) is 0 Å². The van der Waals surface area contributed by atoms with Crippen LogP contribution in [0.1, 0.15) is 30.2 Å². The van der Waals surface area contributed by atoms with Crippen LogP contribution < -0.4 is 0 Å². The first-order chi connectivity index (χ1) is 10.9. The van der Waals surface area contributed by atoms with Gasteiger partial charge in [0.1, 0.15) is 5.78 Å². The molecule has 1 aromatic rings. The monoisotopic (exact) mass is 574 g/mol. The number of carbonyl (C=O) groups excluding carboxylic acids is 2. The quantitative estimate of drug-likeness (QED) is 0.295. The first-order valence-electron chi connectivity index (χ1n) is 7.18. The standard InChI is InChI=1S/C16H18Br4O3/c1-2-23-12(22)9-8-11(21)14(18)16(20)15(19)13(17)10-6-4-3-5-7-10/h3-7,13-16H,2,8-9H2,1H3/t13-,14-,15-,16-/m0/s1. The molecule has 0 saturated carbocycles. The number of rotatable bonds is 9. The summed E-state index contributed by atoms with van der Waals surface area (Å²) in [6.07, 6.45) is 0.271. The molecule has 4 atom stereocenters. The number of hydrogen-bond acceptors (Lipinski definition) is 3. The summed E-state index contributed by atoms with van der Waals surface area (Å²) in [6.45, 7) is 2.08. The molecule has 0 fully saturated rings. The molecule has 0 spiro atoms. The van der Waals surface area contributed by atoms with E-state index in [1.807, 2.05) is 30.3 Å². The fourth-order valence-corrected chi connectivity index (χ4v) is 5.14. The van der Waals surface area contributed by atoms with Crippen LogP contribution in [0.5, 0.6) is 0 Å². The highest BCUT2D eigenvalue weighted by molar-refractivity contribution is 9.14. The van der Waals surface area contributed by atoms with E-state index >= 15 is 0 Å². The highest BCUT2D eigenvalue weighted by Crippen LogP contribution is 2.38. The minimum Gasteiger partial charge on any atom is -0.466 e. The van der Waals surface area contributed by atoms with Gasteiger partial charge < -0.3 is 4.74 Å². The van der Waals surface area contributed by atoms with Gasteiger partial charge in [0.2, 0.25) is 0 Å². The van der Waals surface area contributed by atoms with E-state index in [0.29, 0.717) is 6.61 Å². The summed E-state index contributed by atoms with van der Waals surface area (Å²) >= 11 is 14.3. The molecule has 0 aliphatic heterocycles. The summed E-state index contributed by atoms with van der Waals surface area (Å²) in [7, 11) is 0. The van der Waals surface area contributed by atoms with Crippen LogP contribution in [0.15, 0.2) is 30.3 Å². The molecule has 0 heterocycles. The number of ketones is 1. The molecular formula is C16H18Br4O3. The molecule has 0 radical (unpaired) electrons. The average molecular weight is 578 g/mol. The van der Waals surface area contributed by atoms with E-state index in [1.165, 1.54) is 0 Å². The largest absolute Gasteiger partial charge is 0.466 e. The number of hydrogen-bond donors (Lipinski definition) is 0. The van der Waals surface area contributed by atoms with Crippen molar-refractivity contribution in [2.24, 2.45) is 0 Å². The van der Waals surface area contributed by atoms with Crippen LogP contribution in [0.4, 0.5) is 0 Å². The normalized spacial score (nSPS) is 16.2. The fraction of sp³-hybridized carbons (Fsp3) is 0.500. The minimum atomic E-state index is -0.398. The van der Waals surface area contributed by atoms with Gasteiger partial charge in [-0.2, -0.15) is 0 Å². The van der Waals surface area contributed by atoms with Gasteiger partial charge in [-0.05, 0) is 12.5 Å². The van der Waals surface area contributed by atoms with E-state index in [-0.39, 0.29) is 39.1 Å². The van der Waals surface area contributed by atoms with E-state index in [4.69, 9.17) is 4.74 Å². The van der Waals surface area contributed by atoms with Crippen molar-refractivity contribution >= 4 is 75.5 Å². The van der Waals surface area contributed by atoms with Crippen LogP contribution in [0.2, 0.25) is 0 Å². The van der Waals surface area contributed by atoms with Crippen LogP contribution in [-0.2, 0) is 14.3 Å². The van der Waals surface area contributed by atoms with Crippen molar-refractivity contribution in [1.82, 2.24) is 0 Å². The molecule has 0 amide bonds. The highest BCUT2D eigenvalue weighted by atomic mass is 79.9. The molecule has 0 bridgehead atoms. The Bertz CT molecular complexity index is 509. The summed E-state index contributed by atoms with van der Waals surface area (Å²) in [4.78, 5) is 23.1. The van der Waals surface area contributed by atoms with E-state index in [1.54, 1.807) is 6.92 Å². The summed E-state index contributed by atoms with van der Waals surface area (Å²) in [6, 6.07) is 9.97. The van der Waals surface area contributed by atoms with Crippen molar-refractivity contribution in [2.75, 3.05) is 6.61 Å². The fourth-order valence-electron chi connectivity index (χ4n) is 1.92. The molecule has 0 N–H and O–H groups in total. The molecule has 128 valence electrons. The molecule has 0 aromatic heterocycles. The third-order valence-electron chi connectivity index (χ3n) is 3.17. The lowest BCUT2D eigenvalue weighted by Crippen LogP contribution is -2.33. The number of Topliss-reactive ketones (excluding diaryl/α,β-unsaturated/α-hetero) is 1. The Morgan fingerprint density at radius 3 is 2.17 bits per heavy atom. The maximum Gasteiger partial charge on any atom is 0.306 e. The van der Waals surface area contributed by atoms with Crippen molar-refractivity contribution in [3.63, 3.8) is 0 Å². The van der Waals surface area contributed by atoms with Gasteiger partial charge in [0.15, 0.2) is 0 Å². The molecule has 0 saturated heterocycles. The molecule has 0 unspecified atom stereocenters. The summed E-state index contributed by atoms with van der Waals surface area (Å²) in [5.41, 5.74) is 1.12. The lowest BCUT2D eigenvalue weighted by Gasteiger charge is -2.25. The zero-order valence-electron chi connectivity index (χ0n) is 12.6. The maximum absolute atomic E-state index is 12.2. The van der Waals surface area contributed by atoms with Gasteiger partial charge in [-0.1, -0.05) is 94.1 Å². The summed E-state index contributed by atoms with van der Waals surface area (Å²) in [5, 5.41) is 0. The van der Waals surface area contributed by atoms with Crippen molar-refractivity contribution in [1.29, 1.82) is 0 Å². The second kappa shape index (κ2) is 11.0. The maximum atomic E-state index is 12.2. The van der Waals surface area contributed by atoms with Gasteiger partial charge in [0.25, 0.3) is 0 Å². The second-order valence-electron chi connectivity index (χ2n) is 4.87. The number of alkyl halides is 4. The first-order valence-corrected chi connectivity index (χ1v) is 10.8. The zero-order chi connectivity index (χ0) is 17.4. The van der Waals surface area contributed by atoms with E-state index in [0.717, 1.165) is 5.56 Å². The van der Waals surface area contributed by atoms with Crippen molar-refractivity contribution in [3.05, 3.63) is 35.9 Å². The lowest BCUT2D eigenvalue weighted by atomic mass is 10.0. The van der Waals surface area contributed by atoms with Gasteiger partial charge in [-0.15, -0.1) is 0 Å². The smallest absolute Gasteiger partial charge is 0.306 e. The molecule has 3 nitrogen and oxygen atoms in total. The molecule has 0 aliphatic carbocycles. The molecule has 0 aliphatic rings. The van der Waals surface area contributed by atoms with Crippen LogP contribution >= 0.6 is 63.7 Å². The Kier molecular flexibility index (Phi) is 10.2. The third kappa shape index (κ3) is 6.96. The number of carbonyl (C=O) groups is 2. The lowest BCUT2D eigenvalue weighted by molar-refractivity contribution is -0.144. The predicted octanol–water partition coefficient (Wildman–Crippen LogP) is 5.33. The number of benzene rings is 1. The van der Waals surface area contributed by atoms with Gasteiger partial charge in [-0.25, -0.2) is 0 Å². The Hall–Kier alpha value is 0.280. The molecular weight excluding hydrogens is 560 g/mol. The van der Waals surface area contributed by atoms with Gasteiger partial charge >= 0.3 is 5.97 Å². The minimum absolute atomic E-state index is 0.0131. The second-order valence-corrected chi connectivity index (χ2v) is 8.96. The Morgan fingerprint density at radius 1 is 1.00 bits per heavy atom.